The van der Waals surface area contributed by atoms with Crippen LogP contribution in [0.2, 0.25) is 0 Å². The summed E-state index contributed by atoms with van der Waals surface area (Å²) in [6.07, 6.45) is -3.53. The lowest BCUT2D eigenvalue weighted by atomic mass is 9.99. The molecule has 2 unspecified atom stereocenters. The third-order valence-electron chi connectivity index (χ3n) is 3.34. The first kappa shape index (κ1) is 14.3. The molecular formula is C14H17F3O2. The number of benzene rings is 1. The van der Waals surface area contributed by atoms with Gasteiger partial charge in [-0.2, -0.15) is 13.2 Å². The molecule has 0 spiro atoms. The minimum atomic E-state index is -4.35. The first-order valence-electron chi connectivity index (χ1n) is 6.40. The van der Waals surface area contributed by atoms with Gasteiger partial charge >= 0.3 is 6.18 Å². The summed E-state index contributed by atoms with van der Waals surface area (Å²) in [5.74, 6) is 0.317. The van der Waals surface area contributed by atoms with E-state index in [2.05, 4.69) is 0 Å². The number of halogens is 3. The fourth-order valence-electron chi connectivity index (χ4n) is 2.16. The van der Waals surface area contributed by atoms with Gasteiger partial charge in [-0.1, -0.05) is 12.1 Å². The minimum Gasteiger partial charge on any atom is -0.386 e. The summed E-state index contributed by atoms with van der Waals surface area (Å²) in [5.41, 5.74) is -0.235. The second kappa shape index (κ2) is 5.51. The molecule has 0 aliphatic heterocycles. The van der Waals surface area contributed by atoms with Crippen LogP contribution in [0.1, 0.15) is 37.0 Å². The van der Waals surface area contributed by atoms with Crippen molar-refractivity contribution in [3.8, 4) is 0 Å². The maximum absolute atomic E-state index is 12.5. The van der Waals surface area contributed by atoms with Gasteiger partial charge in [-0.15, -0.1) is 0 Å². The van der Waals surface area contributed by atoms with E-state index in [-0.39, 0.29) is 6.10 Å². The van der Waals surface area contributed by atoms with Crippen molar-refractivity contribution in [2.24, 2.45) is 5.92 Å². The van der Waals surface area contributed by atoms with Crippen LogP contribution < -0.4 is 0 Å². The Labute approximate surface area is 110 Å². The number of alkyl halides is 3. The molecule has 0 heterocycles. The zero-order valence-corrected chi connectivity index (χ0v) is 10.7. The van der Waals surface area contributed by atoms with E-state index in [1.807, 2.05) is 6.92 Å². The van der Waals surface area contributed by atoms with E-state index in [1.165, 1.54) is 12.1 Å². The van der Waals surface area contributed by atoms with E-state index in [4.69, 9.17) is 4.74 Å². The Morgan fingerprint density at radius 2 is 1.84 bits per heavy atom. The van der Waals surface area contributed by atoms with Gasteiger partial charge in [0.05, 0.1) is 11.7 Å². The van der Waals surface area contributed by atoms with Gasteiger partial charge in [0.15, 0.2) is 0 Å². The Balaban J connectivity index is 2.12. The van der Waals surface area contributed by atoms with Gasteiger partial charge < -0.3 is 9.84 Å². The van der Waals surface area contributed by atoms with Gasteiger partial charge in [-0.05, 0) is 43.4 Å². The van der Waals surface area contributed by atoms with Crippen molar-refractivity contribution in [2.75, 3.05) is 6.61 Å². The molecule has 1 aromatic rings. The molecule has 1 aliphatic rings. The number of hydrogen-bond acceptors (Lipinski definition) is 2. The van der Waals surface area contributed by atoms with E-state index in [9.17, 15) is 18.3 Å². The molecule has 1 aliphatic carbocycles. The van der Waals surface area contributed by atoms with Gasteiger partial charge in [-0.25, -0.2) is 0 Å². The van der Waals surface area contributed by atoms with Crippen molar-refractivity contribution in [1.82, 2.24) is 0 Å². The second-order valence-electron chi connectivity index (χ2n) is 4.82. The van der Waals surface area contributed by atoms with Crippen LogP contribution in [0.3, 0.4) is 0 Å². The van der Waals surface area contributed by atoms with Crippen molar-refractivity contribution in [2.45, 2.75) is 38.1 Å². The van der Waals surface area contributed by atoms with E-state index < -0.39 is 17.8 Å². The zero-order chi connectivity index (χ0) is 14.0. The highest BCUT2D eigenvalue weighted by Crippen LogP contribution is 2.40. The highest BCUT2D eigenvalue weighted by Gasteiger charge is 2.37. The van der Waals surface area contributed by atoms with Crippen molar-refractivity contribution < 1.29 is 23.0 Å². The minimum absolute atomic E-state index is 0.317. The van der Waals surface area contributed by atoms with E-state index in [0.717, 1.165) is 25.0 Å². The molecule has 1 saturated carbocycles. The highest BCUT2D eigenvalue weighted by atomic mass is 19.4. The van der Waals surface area contributed by atoms with Crippen LogP contribution in [0, 0.1) is 5.92 Å². The molecule has 0 amide bonds. The lowest BCUT2D eigenvalue weighted by Crippen LogP contribution is -2.24. The monoisotopic (exact) mass is 274 g/mol. The second-order valence-corrected chi connectivity index (χ2v) is 4.82. The predicted molar refractivity (Wildman–Crippen MR) is 64.5 cm³/mol. The molecule has 2 atom stereocenters. The molecule has 0 saturated heterocycles. The number of aliphatic hydroxyl groups is 1. The average molecular weight is 274 g/mol. The molecule has 19 heavy (non-hydrogen) atoms. The summed E-state index contributed by atoms with van der Waals surface area (Å²) in [4.78, 5) is 0. The Hall–Kier alpha value is -1.07. The molecule has 106 valence electrons. The number of aliphatic hydroxyl groups excluding tert-OH is 1. The van der Waals surface area contributed by atoms with E-state index in [0.29, 0.717) is 18.1 Å². The first-order valence-corrected chi connectivity index (χ1v) is 6.40. The molecular weight excluding hydrogens is 257 g/mol. The topological polar surface area (TPSA) is 29.5 Å². The molecule has 0 radical (unpaired) electrons. The first-order chi connectivity index (χ1) is 8.93. The highest BCUT2D eigenvalue weighted by molar-refractivity contribution is 5.27. The van der Waals surface area contributed by atoms with Crippen LogP contribution in [-0.2, 0) is 10.9 Å². The van der Waals surface area contributed by atoms with Crippen LogP contribution in [0.25, 0.3) is 0 Å². The molecule has 1 aromatic carbocycles. The lowest BCUT2D eigenvalue weighted by molar-refractivity contribution is -0.137. The van der Waals surface area contributed by atoms with E-state index in [1.54, 1.807) is 0 Å². The normalized spacial score (nSPS) is 19.2. The SMILES string of the molecule is CCOC(C1CC1)C(O)c1ccc(C(F)(F)F)cc1. The Kier molecular flexibility index (Phi) is 4.16. The summed E-state index contributed by atoms with van der Waals surface area (Å²) >= 11 is 0. The summed E-state index contributed by atoms with van der Waals surface area (Å²) in [6, 6.07) is 4.63. The van der Waals surface area contributed by atoms with Gasteiger partial charge in [0.1, 0.15) is 6.10 Å². The third-order valence-corrected chi connectivity index (χ3v) is 3.34. The van der Waals surface area contributed by atoms with Crippen LogP contribution in [0.5, 0.6) is 0 Å². The number of hydrogen-bond donors (Lipinski definition) is 1. The molecule has 2 nitrogen and oxygen atoms in total. The Morgan fingerprint density at radius 3 is 2.26 bits per heavy atom. The fraction of sp³-hybridized carbons (Fsp3) is 0.571. The fourth-order valence-corrected chi connectivity index (χ4v) is 2.16. The molecule has 2 rings (SSSR count). The van der Waals surface area contributed by atoms with Crippen molar-refractivity contribution in [1.29, 1.82) is 0 Å². The lowest BCUT2D eigenvalue weighted by Gasteiger charge is -2.23. The Morgan fingerprint density at radius 1 is 1.26 bits per heavy atom. The molecule has 1 fully saturated rings. The van der Waals surface area contributed by atoms with Crippen LogP contribution in [0.4, 0.5) is 13.2 Å². The number of rotatable bonds is 5. The quantitative estimate of drug-likeness (QED) is 0.889. The van der Waals surface area contributed by atoms with Crippen LogP contribution in [0.15, 0.2) is 24.3 Å². The van der Waals surface area contributed by atoms with E-state index >= 15 is 0 Å². The summed E-state index contributed by atoms with van der Waals surface area (Å²) in [5, 5.41) is 10.2. The van der Waals surface area contributed by atoms with Crippen LogP contribution >= 0.6 is 0 Å². The largest absolute Gasteiger partial charge is 0.416 e. The van der Waals surface area contributed by atoms with Gasteiger partial charge in [-0.3, -0.25) is 0 Å². The summed E-state index contributed by atoms with van der Waals surface area (Å²) in [6.45, 7) is 2.33. The van der Waals surface area contributed by atoms with Crippen molar-refractivity contribution in [3.63, 3.8) is 0 Å². The third kappa shape index (κ3) is 3.48. The zero-order valence-electron chi connectivity index (χ0n) is 10.7. The Bertz CT molecular complexity index is 410. The molecule has 5 heteroatoms. The van der Waals surface area contributed by atoms with Crippen molar-refractivity contribution >= 4 is 0 Å². The standard InChI is InChI=1S/C14H17F3O2/c1-2-19-13(10-3-4-10)12(18)9-5-7-11(8-6-9)14(15,16)17/h5-8,10,12-13,18H,2-4H2,1H3. The van der Waals surface area contributed by atoms with Gasteiger partial charge in [0.2, 0.25) is 0 Å². The van der Waals surface area contributed by atoms with Crippen molar-refractivity contribution in [3.05, 3.63) is 35.4 Å². The molecule has 0 aromatic heterocycles. The van der Waals surface area contributed by atoms with Gasteiger partial charge in [0, 0.05) is 6.61 Å². The molecule has 1 N–H and O–H groups in total. The maximum Gasteiger partial charge on any atom is 0.416 e. The maximum atomic E-state index is 12.5. The smallest absolute Gasteiger partial charge is 0.386 e. The predicted octanol–water partition coefficient (Wildman–Crippen LogP) is 3.55. The summed E-state index contributed by atoms with van der Waals surface area (Å²) < 4.78 is 42.9. The molecule has 0 bridgehead atoms. The van der Waals surface area contributed by atoms with Crippen LogP contribution in [-0.4, -0.2) is 17.8 Å². The summed E-state index contributed by atoms with van der Waals surface area (Å²) in [7, 11) is 0. The number of ether oxygens (including phenoxy) is 1. The van der Waals surface area contributed by atoms with Gasteiger partial charge in [0.25, 0.3) is 0 Å². The average Bonchev–Trinajstić information content (AvgIpc) is 3.18.